The summed E-state index contributed by atoms with van der Waals surface area (Å²) >= 11 is 5.81. The van der Waals surface area contributed by atoms with Crippen molar-refractivity contribution in [3.63, 3.8) is 0 Å². The second-order valence-corrected chi connectivity index (χ2v) is 6.62. The quantitative estimate of drug-likeness (QED) is 0.509. The van der Waals surface area contributed by atoms with Gasteiger partial charge in [0.05, 0.1) is 24.5 Å². The Balaban J connectivity index is 1.76. The lowest BCUT2D eigenvalue weighted by atomic mass is 10.2. The van der Waals surface area contributed by atoms with E-state index in [2.05, 4.69) is 15.7 Å². The van der Waals surface area contributed by atoms with E-state index in [1.165, 1.54) is 36.4 Å². The lowest BCUT2D eigenvalue weighted by Crippen LogP contribution is -2.29. The Labute approximate surface area is 173 Å². The fourth-order valence-corrected chi connectivity index (χ4v) is 2.72. The van der Waals surface area contributed by atoms with Crippen molar-refractivity contribution in [2.45, 2.75) is 19.3 Å². The fourth-order valence-electron chi connectivity index (χ4n) is 2.59. The molecule has 2 aromatic carbocycles. The molecular weight excluding hydrogens is 428 g/mol. The maximum absolute atomic E-state index is 13.7. The molecule has 0 aliphatic carbocycles. The molecule has 0 saturated carbocycles. The lowest BCUT2D eigenvalue weighted by Gasteiger charge is -2.10. The van der Waals surface area contributed by atoms with Crippen LogP contribution in [0.1, 0.15) is 17.0 Å². The van der Waals surface area contributed by atoms with Gasteiger partial charge in [0.1, 0.15) is 5.82 Å². The van der Waals surface area contributed by atoms with Gasteiger partial charge < -0.3 is 15.7 Å². The topological polar surface area (TPSA) is 79.2 Å². The molecule has 0 bridgehead atoms. The molecule has 0 atom stereocenters. The summed E-state index contributed by atoms with van der Waals surface area (Å²) in [4.78, 5) is 12.1. The van der Waals surface area contributed by atoms with Crippen molar-refractivity contribution >= 4 is 23.3 Å². The number of hydrogen-bond donors (Lipinski definition) is 3. The molecule has 3 aromatic rings. The van der Waals surface area contributed by atoms with Crippen LogP contribution in [0.2, 0.25) is 5.02 Å². The van der Waals surface area contributed by atoms with Crippen LogP contribution >= 0.6 is 11.6 Å². The average Bonchev–Trinajstić information content (AvgIpc) is 3.12. The molecule has 0 spiro atoms. The van der Waals surface area contributed by atoms with E-state index in [1.54, 1.807) is 0 Å². The molecule has 1 aromatic heterocycles. The normalized spacial score (nSPS) is 11.4. The smallest absolute Gasteiger partial charge is 0.392 e. The van der Waals surface area contributed by atoms with Gasteiger partial charge in [0.15, 0.2) is 5.69 Å². The highest BCUT2D eigenvalue weighted by atomic mass is 35.5. The van der Waals surface area contributed by atoms with Gasteiger partial charge in [-0.1, -0.05) is 17.7 Å². The number of amides is 2. The predicted molar refractivity (Wildman–Crippen MR) is 102 cm³/mol. The SMILES string of the molecule is O=C(NCc1cc(C(F)(F)F)nn1-c1ccc(Cl)cc1)Nc1ccc(CO)c(F)c1. The number of benzene rings is 2. The zero-order chi connectivity index (χ0) is 21.9. The fraction of sp³-hybridized carbons (Fsp3) is 0.158. The van der Waals surface area contributed by atoms with Gasteiger partial charge in [-0.25, -0.2) is 13.9 Å². The monoisotopic (exact) mass is 442 g/mol. The van der Waals surface area contributed by atoms with Gasteiger partial charge in [-0.3, -0.25) is 0 Å². The third-order valence-corrected chi connectivity index (χ3v) is 4.31. The van der Waals surface area contributed by atoms with E-state index < -0.39 is 30.3 Å². The summed E-state index contributed by atoms with van der Waals surface area (Å²) in [5.41, 5.74) is -0.538. The minimum Gasteiger partial charge on any atom is -0.392 e. The Morgan fingerprint density at radius 1 is 1.13 bits per heavy atom. The number of aliphatic hydroxyl groups excluding tert-OH is 1. The Morgan fingerprint density at radius 2 is 1.83 bits per heavy atom. The molecule has 158 valence electrons. The van der Waals surface area contributed by atoms with Crippen LogP contribution in [0.5, 0.6) is 0 Å². The third-order valence-electron chi connectivity index (χ3n) is 4.06. The first-order chi connectivity index (χ1) is 14.2. The van der Waals surface area contributed by atoms with Crippen molar-refractivity contribution in [2.75, 3.05) is 5.32 Å². The summed E-state index contributed by atoms with van der Waals surface area (Å²) in [6, 6.07) is 9.75. The molecule has 0 aliphatic rings. The minimum atomic E-state index is -4.67. The van der Waals surface area contributed by atoms with Crippen molar-refractivity contribution < 1.29 is 27.5 Å². The molecule has 30 heavy (non-hydrogen) atoms. The van der Waals surface area contributed by atoms with E-state index in [-0.39, 0.29) is 23.5 Å². The highest BCUT2D eigenvalue weighted by Gasteiger charge is 2.35. The summed E-state index contributed by atoms with van der Waals surface area (Å²) in [5, 5.41) is 17.7. The number of anilines is 1. The Bertz CT molecular complexity index is 1050. The van der Waals surface area contributed by atoms with Gasteiger partial charge in [-0.2, -0.15) is 18.3 Å². The predicted octanol–water partition coefficient (Wildman–Crippen LogP) is 4.50. The average molecular weight is 443 g/mol. The molecule has 2 amide bonds. The van der Waals surface area contributed by atoms with Crippen LogP contribution < -0.4 is 10.6 Å². The van der Waals surface area contributed by atoms with Crippen molar-refractivity contribution in [1.29, 1.82) is 0 Å². The number of aromatic nitrogens is 2. The molecule has 3 N–H and O–H groups in total. The summed E-state index contributed by atoms with van der Waals surface area (Å²) in [5.74, 6) is -0.703. The van der Waals surface area contributed by atoms with Crippen LogP contribution in [0.3, 0.4) is 0 Å². The number of halogens is 5. The molecule has 3 rings (SSSR count). The minimum absolute atomic E-state index is 0.0625. The molecule has 0 radical (unpaired) electrons. The zero-order valence-corrected chi connectivity index (χ0v) is 15.9. The number of urea groups is 1. The first-order valence-corrected chi connectivity index (χ1v) is 8.91. The van der Waals surface area contributed by atoms with Crippen molar-refractivity contribution in [1.82, 2.24) is 15.1 Å². The number of carbonyl (C=O) groups excluding carboxylic acids is 1. The largest absolute Gasteiger partial charge is 0.435 e. The van der Waals surface area contributed by atoms with Crippen molar-refractivity contribution in [3.05, 3.63) is 76.3 Å². The molecule has 1 heterocycles. The van der Waals surface area contributed by atoms with E-state index in [4.69, 9.17) is 16.7 Å². The number of nitrogens with zero attached hydrogens (tertiary/aromatic N) is 2. The Kier molecular flexibility index (Phi) is 6.28. The Hall–Kier alpha value is -3.11. The second-order valence-electron chi connectivity index (χ2n) is 6.18. The molecule has 11 heteroatoms. The van der Waals surface area contributed by atoms with Crippen LogP contribution in [0.4, 0.5) is 28.0 Å². The summed E-state index contributed by atoms with van der Waals surface area (Å²) in [7, 11) is 0. The van der Waals surface area contributed by atoms with Crippen molar-refractivity contribution in [2.24, 2.45) is 0 Å². The van der Waals surface area contributed by atoms with Crippen LogP contribution in [0, 0.1) is 5.82 Å². The summed E-state index contributed by atoms with van der Waals surface area (Å²) in [6.45, 7) is -0.775. The number of aliphatic hydroxyl groups is 1. The van der Waals surface area contributed by atoms with Gasteiger partial charge in [0, 0.05) is 16.3 Å². The van der Waals surface area contributed by atoms with Crippen LogP contribution in [0.25, 0.3) is 5.69 Å². The highest BCUT2D eigenvalue weighted by molar-refractivity contribution is 6.30. The maximum Gasteiger partial charge on any atom is 0.435 e. The lowest BCUT2D eigenvalue weighted by molar-refractivity contribution is -0.141. The first-order valence-electron chi connectivity index (χ1n) is 8.53. The molecule has 6 nitrogen and oxygen atoms in total. The standard InChI is InChI=1S/C19H15ClF4N4O2/c20-12-2-5-14(6-3-12)28-15(8-17(27-28)19(22,23)24)9-25-18(30)26-13-4-1-11(10-29)16(21)7-13/h1-8,29H,9-10H2,(H2,25,26,30). The van der Waals surface area contributed by atoms with Gasteiger partial charge in [0.2, 0.25) is 0 Å². The van der Waals surface area contributed by atoms with Gasteiger partial charge in [-0.15, -0.1) is 0 Å². The number of hydrogen-bond acceptors (Lipinski definition) is 3. The number of rotatable bonds is 5. The van der Waals surface area contributed by atoms with Gasteiger partial charge in [0.25, 0.3) is 0 Å². The van der Waals surface area contributed by atoms with Gasteiger partial charge >= 0.3 is 12.2 Å². The van der Waals surface area contributed by atoms with Crippen molar-refractivity contribution in [3.8, 4) is 5.69 Å². The van der Waals surface area contributed by atoms with Crippen LogP contribution in [-0.4, -0.2) is 20.9 Å². The number of nitrogens with one attached hydrogen (secondary N) is 2. The highest BCUT2D eigenvalue weighted by Crippen LogP contribution is 2.29. The molecule has 0 unspecified atom stereocenters. The van der Waals surface area contributed by atoms with E-state index >= 15 is 0 Å². The van der Waals surface area contributed by atoms with Crippen LogP contribution in [-0.2, 0) is 19.3 Å². The number of alkyl halides is 3. The molecule has 0 fully saturated rings. The maximum atomic E-state index is 13.7. The van der Waals surface area contributed by atoms with E-state index in [0.29, 0.717) is 10.7 Å². The zero-order valence-electron chi connectivity index (χ0n) is 15.2. The molecule has 0 saturated heterocycles. The second kappa shape index (κ2) is 8.72. The summed E-state index contributed by atoms with van der Waals surface area (Å²) in [6.07, 6.45) is -4.67. The van der Waals surface area contributed by atoms with Gasteiger partial charge in [-0.05, 0) is 42.5 Å². The Morgan fingerprint density at radius 3 is 2.43 bits per heavy atom. The first kappa shape index (κ1) is 21.6. The molecule has 0 aliphatic heterocycles. The van der Waals surface area contributed by atoms with Crippen LogP contribution in [0.15, 0.2) is 48.5 Å². The molecular formula is C19H15ClF4N4O2. The third kappa shape index (κ3) is 5.08. The summed E-state index contributed by atoms with van der Waals surface area (Å²) < 4.78 is 54.0. The van der Waals surface area contributed by atoms with E-state index in [9.17, 15) is 22.4 Å². The van der Waals surface area contributed by atoms with E-state index in [0.717, 1.165) is 16.8 Å². The van der Waals surface area contributed by atoms with E-state index in [1.807, 2.05) is 0 Å². The number of carbonyl (C=O) groups is 1.